The first-order valence-corrected chi connectivity index (χ1v) is 6.40. The Morgan fingerprint density at radius 2 is 1.95 bits per heavy atom. The number of likely N-dealkylation sites (N-methyl/N-ethyl adjacent to an activating group) is 2. The smallest absolute Gasteiger partial charge is 0.255 e. The molecular weight excluding hydrogens is 245 g/mol. The van der Waals surface area contributed by atoms with Crippen molar-refractivity contribution in [2.75, 3.05) is 46.1 Å². The topological polar surface area (TPSA) is 35.6 Å². The van der Waals surface area contributed by atoms with Crippen LogP contribution in [0.2, 0.25) is 0 Å². The lowest BCUT2D eigenvalue weighted by Gasteiger charge is -2.21. The van der Waals surface area contributed by atoms with Crippen LogP contribution in [0.4, 0.5) is 10.1 Å². The normalized spacial score (nSPS) is 10.6. The van der Waals surface area contributed by atoms with Crippen molar-refractivity contribution in [2.24, 2.45) is 0 Å². The summed E-state index contributed by atoms with van der Waals surface area (Å²) in [4.78, 5) is 15.9. The molecule has 0 atom stereocenters. The van der Waals surface area contributed by atoms with Gasteiger partial charge in [0.05, 0.1) is 11.3 Å². The van der Waals surface area contributed by atoms with E-state index in [2.05, 4.69) is 5.32 Å². The number of benzene rings is 1. The van der Waals surface area contributed by atoms with Crippen molar-refractivity contribution in [3.63, 3.8) is 0 Å². The zero-order valence-electron chi connectivity index (χ0n) is 12.0. The summed E-state index contributed by atoms with van der Waals surface area (Å²) < 4.78 is 13.7. The second kappa shape index (κ2) is 7.09. The maximum atomic E-state index is 13.7. The summed E-state index contributed by atoms with van der Waals surface area (Å²) in [5, 5.41) is 2.91. The van der Waals surface area contributed by atoms with E-state index < -0.39 is 5.82 Å². The second-order valence-electron chi connectivity index (χ2n) is 4.72. The number of para-hydroxylation sites is 1. The van der Waals surface area contributed by atoms with E-state index in [1.807, 2.05) is 25.9 Å². The van der Waals surface area contributed by atoms with E-state index in [4.69, 9.17) is 0 Å². The highest BCUT2D eigenvalue weighted by atomic mass is 19.1. The molecule has 0 saturated heterocycles. The van der Waals surface area contributed by atoms with Gasteiger partial charge >= 0.3 is 0 Å². The quantitative estimate of drug-likeness (QED) is 0.855. The molecule has 1 aromatic carbocycles. The van der Waals surface area contributed by atoms with E-state index in [-0.39, 0.29) is 11.6 Å². The number of rotatable bonds is 6. The molecule has 0 fully saturated rings. The molecule has 106 valence electrons. The molecule has 0 heterocycles. The van der Waals surface area contributed by atoms with Crippen LogP contribution >= 0.6 is 0 Å². The Kier molecular flexibility index (Phi) is 5.76. The van der Waals surface area contributed by atoms with Crippen LogP contribution in [-0.2, 0) is 0 Å². The van der Waals surface area contributed by atoms with Crippen molar-refractivity contribution >= 4 is 11.6 Å². The standard InChI is InChI=1S/C14H22FN3O/c1-5-16-13-11(7-6-8-12(13)15)14(19)18(4)10-9-17(2)3/h6-8,16H,5,9-10H2,1-4H3. The number of hydrogen-bond acceptors (Lipinski definition) is 3. The fourth-order valence-electron chi connectivity index (χ4n) is 1.72. The number of amides is 1. The van der Waals surface area contributed by atoms with Gasteiger partial charge in [0.1, 0.15) is 5.82 Å². The van der Waals surface area contributed by atoms with Gasteiger partial charge < -0.3 is 15.1 Å². The zero-order valence-corrected chi connectivity index (χ0v) is 12.0. The average Bonchev–Trinajstić information content (AvgIpc) is 2.37. The molecule has 19 heavy (non-hydrogen) atoms. The van der Waals surface area contributed by atoms with Crippen LogP contribution in [-0.4, -0.2) is 56.5 Å². The third-order valence-electron chi connectivity index (χ3n) is 2.83. The van der Waals surface area contributed by atoms with Crippen LogP contribution in [0.25, 0.3) is 0 Å². The Morgan fingerprint density at radius 3 is 2.53 bits per heavy atom. The molecule has 1 amide bonds. The largest absolute Gasteiger partial charge is 0.382 e. The maximum absolute atomic E-state index is 13.7. The Balaban J connectivity index is 2.89. The third-order valence-corrected chi connectivity index (χ3v) is 2.83. The average molecular weight is 267 g/mol. The molecule has 0 aliphatic rings. The molecule has 0 aliphatic heterocycles. The number of anilines is 1. The van der Waals surface area contributed by atoms with E-state index in [1.54, 1.807) is 24.1 Å². The van der Waals surface area contributed by atoms with Crippen molar-refractivity contribution < 1.29 is 9.18 Å². The van der Waals surface area contributed by atoms with E-state index in [9.17, 15) is 9.18 Å². The monoisotopic (exact) mass is 267 g/mol. The minimum absolute atomic E-state index is 0.169. The highest BCUT2D eigenvalue weighted by molar-refractivity contribution is 5.99. The summed E-state index contributed by atoms with van der Waals surface area (Å²) in [7, 11) is 5.63. The lowest BCUT2D eigenvalue weighted by Crippen LogP contribution is -2.34. The molecule has 0 aliphatic carbocycles. The van der Waals surface area contributed by atoms with E-state index >= 15 is 0 Å². The van der Waals surface area contributed by atoms with Crippen molar-refractivity contribution in [2.45, 2.75) is 6.92 Å². The molecule has 0 radical (unpaired) electrons. The van der Waals surface area contributed by atoms with Gasteiger partial charge in [0.25, 0.3) is 5.91 Å². The van der Waals surface area contributed by atoms with Gasteiger partial charge in [-0.2, -0.15) is 0 Å². The SMILES string of the molecule is CCNc1c(F)cccc1C(=O)N(C)CCN(C)C. The molecule has 0 spiro atoms. The van der Waals surface area contributed by atoms with Gasteiger partial charge in [0.15, 0.2) is 0 Å². The third kappa shape index (κ3) is 4.21. The molecule has 0 aromatic heterocycles. The summed E-state index contributed by atoms with van der Waals surface area (Å²) in [6.07, 6.45) is 0. The summed E-state index contributed by atoms with van der Waals surface area (Å²) in [5.74, 6) is -0.564. The van der Waals surface area contributed by atoms with Crippen molar-refractivity contribution in [3.8, 4) is 0 Å². The summed E-state index contributed by atoms with van der Waals surface area (Å²) in [6.45, 7) is 3.82. The fourth-order valence-corrected chi connectivity index (χ4v) is 1.72. The van der Waals surface area contributed by atoms with Gasteiger partial charge in [-0.25, -0.2) is 4.39 Å². The highest BCUT2D eigenvalue weighted by Crippen LogP contribution is 2.21. The first-order chi connectivity index (χ1) is 8.97. The molecule has 1 N–H and O–H groups in total. The van der Waals surface area contributed by atoms with Gasteiger partial charge in [-0.3, -0.25) is 4.79 Å². The highest BCUT2D eigenvalue weighted by Gasteiger charge is 2.18. The van der Waals surface area contributed by atoms with Crippen molar-refractivity contribution in [1.29, 1.82) is 0 Å². The number of nitrogens with zero attached hydrogens (tertiary/aromatic N) is 2. The predicted molar refractivity (Wildman–Crippen MR) is 76.1 cm³/mol. The second-order valence-corrected chi connectivity index (χ2v) is 4.72. The zero-order chi connectivity index (χ0) is 14.4. The van der Waals surface area contributed by atoms with Gasteiger partial charge in [0, 0.05) is 26.7 Å². The van der Waals surface area contributed by atoms with Crippen molar-refractivity contribution in [3.05, 3.63) is 29.6 Å². The Labute approximate surface area is 114 Å². The van der Waals surface area contributed by atoms with Crippen molar-refractivity contribution in [1.82, 2.24) is 9.80 Å². The number of carbonyl (C=O) groups excluding carboxylic acids is 1. The number of hydrogen-bond donors (Lipinski definition) is 1. The first kappa shape index (κ1) is 15.4. The van der Waals surface area contributed by atoms with Crippen LogP contribution < -0.4 is 5.32 Å². The molecule has 0 saturated carbocycles. The van der Waals surface area contributed by atoms with Crippen LogP contribution in [0.3, 0.4) is 0 Å². The van der Waals surface area contributed by atoms with Gasteiger partial charge in [-0.1, -0.05) is 6.07 Å². The summed E-state index contributed by atoms with van der Waals surface area (Å²) in [6, 6.07) is 4.56. The van der Waals surface area contributed by atoms with Crippen LogP contribution in [0.5, 0.6) is 0 Å². The van der Waals surface area contributed by atoms with Crippen LogP contribution in [0, 0.1) is 5.82 Å². The van der Waals surface area contributed by atoms with Crippen LogP contribution in [0.15, 0.2) is 18.2 Å². The number of nitrogens with one attached hydrogen (secondary N) is 1. The number of carbonyl (C=O) groups is 1. The predicted octanol–water partition coefficient (Wildman–Crippen LogP) is 1.89. The minimum Gasteiger partial charge on any atom is -0.382 e. The van der Waals surface area contributed by atoms with Gasteiger partial charge in [0.2, 0.25) is 0 Å². The molecule has 1 aromatic rings. The lowest BCUT2D eigenvalue weighted by atomic mass is 10.1. The minimum atomic E-state index is -0.395. The first-order valence-electron chi connectivity index (χ1n) is 6.40. The Hall–Kier alpha value is -1.62. The van der Waals surface area contributed by atoms with Gasteiger partial charge in [-0.15, -0.1) is 0 Å². The molecule has 5 heteroatoms. The molecule has 4 nitrogen and oxygen atoms in total. The molecule has 1 rings (SSSR count). The van der Waals surface area contributed by atoms with Crippen LogP contribution in [0.1, 0.15) is 17.3 Å². The Morgan fingerprint density at radius 1 is 1.26 bits per heavy atom. The van der Waals surface area contributed by atoms with Gasteiger partial charge in [-0.05, 0) is 33.2 Å². The van der Waals surface area contributed by atoms with E-state index in [0.717, 1.165) is 6.54 Å². The van der Waals surface area contributed by atoms with E-state index in [1.165, 1.54) is 6.07 Å². The summed E-state index contributed by atoms with van der Waals surface area (Å²) >= 11 is 0. The van der Waals surface area contributed by atoms with E-state index in [0.29, 0.717) is 18.7 Å². The number of halogens is 1. The molecular formula is C14H22FN3O. The fraction of sp³-hybridized carbons (Fsp3) is 0.500. The molecule has 0 unspecified atom stereocenters. The maximum Gasteiger partial charge on any atom is 0.255 e. The Bertz CT molecular complexity index is 435. The molecule has 0 bridgehead atoms. The lowest BCUT2D eigenvalue weighted by molar-refractivity contribution is 0.0787. The summed E-state index contributed by atoms with van der Waals surface area (Å²) in [5.41, 5.74) is 0.662.